The largest absolute Gasteiger partial charge is 0.495 e. The highest BCUT2D eigenvalue weighted by Gasteiger charge is 2.36. The van der Waals surface area contributed by atoms with Crippen molar-refractivity contribution in [1.29, 1.82) is 5.26 Å². The van der Waals surface area contributed by atoms with Crippen molar-refractivity contribution in [2.75, 3.05) is 25.5 Å². The average Bonchev–Trinajstić information content (AvgIpc) is 3.65. The number of methoxy groups -OCH3 is 1. The maximum Gasteiger partial charge on any atom is 0.254 e. The van der Waals surface area contributed by atoms with Crippen LogP contribution in [0.5, 0.6) is 11.5 Å². The van der Waals surface area contributed by atoms with Crippen LogP contribution in [-0.4, -0.2) is 74.1 Å². The molecule has 0 unspecified atom stereocenters. The molecule has 0 spiro atoms. The molecule has 4 aromatic rings. The second-order valence-corrected chi connectivity index (χ2v) is 10.4. The van der Waals surface area contributed by atoms with Gasteiger partial charge in [-0.3, -0.25) is 4.79 Å². The third kappa shape index (κ3) is 5.87. The number of aromatic nitrogens is 5. The van der Waals surface area contributed by atoms with E-state index in [0.717, 1.165) is 24.0 Å². The van der Waals surface area contributed by atoms with Gasteiger partial charge < -0.3 is 24.4 Å². The Hall–Kier alpha value is -5.02. The fourth-order valence-electron chi connectivity index (χ4n) is 5.29. The van der Waals surface area contributed by atoms with Gasteiger partial charge in [0.1, 0.15) is 36.3 Å². The van der Waals surface area contributed by atoms with Gasteiger partial charge in [-0.1, -0.05) is 6.07 Å². The Morgan fingerprint density at radius 2 is 1.90 bits per heavy atom. The molecule has 12 heteroatoms. The zero-order valence-electron chi connectivity index (χ0n) is 23.3. The Morgan fingerprint density at radius 3 is 2.60 bits per heavy atom. The van der Waals surface area contributed by atoms with Crippen LogP contribution in [0.3, 0.4) is 0 Å². The van der Waals surface area contributed by atoms with Gasteiger partial charge in [-0.05, 0) is 55.7 Å². The topological polar surface area (TPSA) is 140 Å². The van der Waals surface area contributed by atoms with E-state index < -0.39 is 0 Å². The summed E-state index contributed by atoms with van der Waals surface area (Å²) in [6.45, 7) is 3.63. The van der Waals surface area contributed by atoms with Crippen LogP contribution in [0.25, 0.3) is 11.1 Å². The van der Waals surface area contributed by atoms with Gasteiger partial charge in [0.15, 0.2) is 0 Å². The minimum absolute atomic E-state index is 0.0285. The van der Waals surface area contributed by atoms with E-state index in [1.807, 2.05) is 17.9 Å². The van der Waals surface area contributed by atoms with Crippen molar-refractivity contribution < 1.29 is 19.0 Å². The molecule has 2 aliphatic rings. The molecule has 6 rings (SSSR count). The quantitative estimate of drug-likeness (QED) is 0.318. The van der Waals surface area contributed by atoms with Crippen LogP contribution in [0.15, 0.2) is 61.4 Å². The van der Waals surface area contributed by atoms with E-state index in [-0.39, 0.29) is 24.2 Å². The molecule has 0 saturated carbocycles. The van der Waals surface area contributed by atoms with E-state index in [0.29, 0.717) is 53.9 Å². The van der Waals surface area contributed by atoms with E-state index in [1.165, 1.54) is 6.33 Å². The standard InChI is InChI=1S/C30H30N8O4/c1-19(14-38-18-32-17-35-38)41-27-9-20(3-4-22(27)11-31)23-12-33-30(34-13-23)36-26-8-5-21(10-28(26)40-2)29(39)37-15-24-6-7-25(16-37)42-24/h3-5,8-10,12-13,17-19,24-25H,6-7,14-16H2,1-2H3,(H,33,34,36)/t19-,24-,25+/m0/s1. The number of hydrogen-bond donors (Lipinski definition) is 1. The highest BCUT2D eigenvalue weighted by Crippen LogP contribution is 2.32. The molecule has 0 radical (unpaired) electrons. The summed E-state index contributed by atoms with van der Waals surface area (Å²) in [6, 6.07) is 12.8. The summed E-state index contributed by atoms with van der Waals surface area (Å²) < 4.78 is 19.2. The molecular weight excluding hydrogens is 536 g/mol. The molecule has 12 nitrogen and oxygen atoms in total. The summed E-state index contributed by atoms with van der Waals surface area (Å²) in [6.07, 6.45) is 8.50. The van der Waals surface area contributed by atoms with Crippen LogP contribution in [0.2, 0.25) is 0 Å². The predicted octanol–water partition coefficient (Wildman–Crippen LogP) is 3.83. The predicted molar refractivity (Wildman–Crippen MR) is 152 cm³/mol. The zero-order valence-corrected chi connectivity index (χ0v) is 23.3. The molecule has 4 heterocycles. The molecular formula is C30H30N8O4. The van der Waals surface area contributed by atoms with Crippen LogP contribution in [0, 0.1) is 11.3 Å². The zero-order chi connectivity index (χ0) is 29.1. The lowest BCUT2D eigenvalue weighted by molar-refractivity contribution is -0.0303. The second kappa shape index (κ2) is 11.8. The SMILES string of the molecule is COc1cc(C(=O)N2C[C@H]3CC[C@@H](C2)O3)ccc1Nc1ncc(-c2ccc(C#N)c(O[C@@H](C)Cn3cncn3)c2)cn1. The minimum Gasteiger partial charge on any atom is -0.495 e. The first-order chi connectivity index (χ1) is 20.5. The van der Waals surface area contributed by atoms with E-state index in [9.17, 15) is 10.1 Å². The van der Waals surface area contributed by atoms with Crippen LogP contribution >= 0.6 is 0 Å². The molecule has 0 aliphatic carbocycles. The maximum atomic E-state index is 13.2. The number of amides is 1. The van der Waals surface area contributed by atoms with E-state index in [1.54, 1.807) is 60.8 Å². The van der Waals surface area contributed by atoms with Crippen molar-refractivity contribution in [1.82, 2.24) is 29.6 Å². The number of rotatable bonds is 9. The number of anilines is 2. The molecule has 2 fully saturated rings. The van der Waals surface area contributed by atoms with Gasteiger partial charge in [-0.2, -0.15) is 10.4 Å². The fourth-order valence-corrected chi connectivity index (χ4v) is 5.29. The molecule has 2 aromatic carbocycles. The van der Waals surface area contributed by atoms with Gasteiger partial charge in [0.2, 0.25) is 5.95 Å². The van der Waals surface area contributed by atoms with Crippen molar-refractivity contribution in [3.05, 3.63) is 72.6 Å². The van der Waals surface area contributed by atoms with E-state index >= 15 is 0 Å². The number of carbonyl (C=O) groups is 1. The third-order valence-corrected chi connectivity index (χ3v) is 7.35. The molecule has 2 aromatic heterocycles. The Bertz CT molecular complexity index is 1590. The number of benzene rings is 2. The van der Waals surface area contributed by atoms with Crippen LogP contribution in [0.1, 0.15) is 35.7 Å². The lowest BCUT2D eigenvalue weighted by Crippen LogP contribution is -2.45. The lowest BCUT2D eigenvalue weighted by Gasteiger charge is -2.32. The van der Waals surface area contributed by atoms with Crippen molar-refractivity contribution in [2.45, 2.75) is 44.6 Å². The first-order valence-electron chi connectivity index (χ1n) is 13.7. The number of fused-ring (bicyclic) bond motifs is 2. The first kappa shape index (κ1) is 27.2. The Morgan fingerprint density at radius 1 is 1.12 bits per heavy atom. The van der Waals surface area contributed by atoms with Crippen molar-refractivity contribution in [2.24, 2.45) is 0 Å². The van der Waals surface area contributed by atoms with Gasteiger partial charge in [0.05, 0.1) is 37.1 Å². The van der Waals surface area contributed by atoms with Gasteiger partial charge in [0.25, 0.3) is 5.91 Å². The number of morpholine rings is 1. The van der Waals surface area contributed by atoms with Gasteiger partial charge in [-0.15, -0.1) is 0 Å². The van der Waals surface area contributed by atoms with Crippen molar-refractivity contribution >= 4 is 17.5 Å². The summed E-state index contributed by atoms with van der Waals surface area (Å²) in [4.78, 5) is 27.9. The maximum absolute atomic E-state index is 13.2. The van der Waals surface area contributed by atoms with Crippen molar-refractivity contribution in [3.8, 4) is 28.7 Å². The fraction of sp³-hybridized carbons (Fsp3) is 0.333. The molecule has 2 saturated heterocycles. The molecule has 214 valence electrons. The summed E-state index contributed by atoms with van der Waals surface area (Å²) in [5.74, 6) is 1.32. The van der Waals surface area contributed by atoms with Crippen LogP contribution in [0.4, 0.5) is 11.6 Å². The highest BCUT2D eigenvalue weighted by molar-refractivity contribution is 5.95. The molecule has 1 amide bonds. The number of nitrogens with zero attached hydrogens (tertiary/aromatic N) is 7. The molecule has 42 heavy (non-hydrogen) atoms. The van der Waals surface area contributed by atoms with Crippen LogP contribution < -0.4 is 14.8 Å². The summed E-state index contributed by atoms with van der Waals surface area (Å²) in [5, 5.41) is 16.9. The molecule has 2 aliphatic heterocycles. The van der Waals surface area contributed by atoms with Gasteiger partial charge >= 0.3 is 0 Å². The Kier molecular flexibility index (Phi) is 7.66. The van der Waals surface area contributed by atoms with Crippen LogP contribution in [-0.2, 0) is 11.3 Å². The number of nitriles is 1. The number of hydrogen-bond acceptors (Lipinski definition) is 10. The summed E-state index contributed by atoms with van der Waals surface area (Å²) in [5.41, 5.74) is 3.19. The Labute approximate surface area is 242 Å². The normalized spacial score (nSPS) is 18.3. The monoisotopic (exact) mass is 566 g/mol. The lowest BCUT2D eigenvalue weighted by atomic mass is 10.1. The first-order valence-corrected chi connectivity index (χ1v) is 13.7. The van der Waals surface area contributed by atoms with E-state index in [2.05, 4.69) is 31.4 Å². The number of carbonyl (C=O) groups excluding carboxylic acids is 1. The minimum atomic E-state index is -0.238. The summed E-state index contributed by atoms with van der Waals surface area (Å²) >= 11 is 0. The van der Waals surface area contributed by atoms with Crippen molar-refractivity contribution in [3.63, 3.8) is 0 Å². The summed E-state index contributed by atoms with van der Waals surface area (Å²) in [7, 11) is 1.56. The number of nitrogens with one attached hydrogen (secondary N) is 1. The molecule has 3 atom stereocenters. The highest BCUT2D eigenvalue weighted by atomic mass is 16.5. The smallest absolute Gasteiger partial charge is 0.254 e. The molecule has 1 N–H and O–H groups in total. The number of ether oxygens (including phenoxy) is 3. The Balaban J connectivity index is 1.14. The third-order valence-electron chi connectivity index (χ3n) is 7.35. The van der Waals surface area contributed by atoms with E-state index in [4.69, 9.17) is 14.2 Å². The molecule has 2 bridgehead atoms. The van der Waals surface area contributed by atoms with Gasteiger partial charge in [-0.25, -0.2) is 19.6 Å². The average molecular weight is 567 g/mol. The number of likely N-dealkylation sites (tertiary alicyclic amines) is 1. The van der Waals surface area contributed by atoms with Gasteiger partial charge in [0, 0.05) is 36.6 Å². The second-order valence-electron chi connectivity index (χ2n) is 10.4.